The molecule has 0 spiro atoms. The van der Waals surface area contributed by atoms with Gasteiger partial charge in [-0.1, -0.05) is 28.1 Å². The number of nitriles is 1. The van der Waals surface area contributed by atoms with Gasteiger partial charge in [0.1, 0.15) is 5.75 Å². The average Bonchev–Trinajstić information content (AvgIpc) is 2.69. The number of carbonyl (C=O) groups excluding carboxylic acids is 2. The molecule has 0 aromatic heterocycles. The summed E-state index contributed by atoms with van der Waals surface area (Å²) in [6.07, 6.45) is 0. The SMILES string of the molecule is COc1ccc(Br)cc1C(=O)C(=O)N(CCN(C)C)Cc1cccc(C#N)c1. The minimum absolute atomic E-state index is 0.211. The Morgan fingerprint density at radius 1 is 1.14 bits per heavy atom. The number of ether oxygens (including phenoxy) is 1. The number of amides is 1. The third-order valence-electron chi connectivity index (χ3n) is 4.13. The number of halogens is 1. The molecule has 0 aliphatic carbocycles. The summed E-state index contributed by atoms with van der Waals surface area (Å²) < 4.78 is 5.93. The van der Waals surface area contributed by atoms with Crippen molar-refractivity contribution in [2.45, 2.75) is 6.54 Å². The van der Waals surface area contributed by atoms with Crippen molar-refractivity contribution >= 4 is 27.6 Å². The van der Waals surface area contributed by atoms with Crippen LogP contribution < -0.4 is 4.74 Å². The van der Waals surface area contributed by atoms with Crippen molar-refractivity contribution in [3.63, 3.8) is 0 Å². The first-order valence-corrected chi connectivity index (χ1v) is 9.46. The number of carbonyl (C=O) groups is 2. The van der Waals surface area contributed by atoms with Gasteiger partial charge in [-0.3, -0.25) is 9.59 Å². The lowest BCUT2D eigenvalue weighted by Crippen LogP contribution is -2.40. The molecule has 0 atom stereocenters. The fraction of sp³-hybridized carbons (Fsp3) is 0.286. The first kappa shape index (κ1) is 21.6. The van der Waals surface area contributed by atoms with E-state index >= 15 is 0 Å². The zero-order chi connectivity index (χ0) is 20.7. The third-order valence-corrected chi connectivity index (χ3v) is 4.63. The van der Waals surface area contributed by atoms with Gasteiger partial charge in [-0.05, 0) is 50.0 Å². The van der Waals surface area contributed by atoms with Crippen LogP contribution in [-0.4, -0.2) is 55.8 Å². The standard InChI is InChI=1S/C21H22BrN3O3/c1-24(2)9-10-25(14-16-6-4-5-15(11-16)13-23)21(27)20(26)18-12-17(22)7-8-19(18)28-3/h4-8,11-12H,9-10,14H2,1-3H3. The van der Waals surface area contributed by atoms with Gasteiger partial charge in [-0.2, -0.15) is 5.26 Å². The molecule has 7 heteroatoms. The molecule has 0 bridgehead atoms. The minimum atomic E-state index is -0.631. The fourth-order valence-electron chi connectivity index (χ4n) is 2.65. The molecule has 28 heavy (non-hydrogen) atoms. The molecule has 0 saturated heterocycles. The van der Waals surface area contributed by atoms with Crippen LogP contribution in [0.1, 0.15) is 21.5 Å². The topological polar surface area (TPSA) is 73.6 Å². The summed E-state index contributed by atoms with van der Waals surface area (Å²) >= 11 is 3.33. The fourth-order valence-corrected chi connectivity index (χ4v) is 3.01. The molecule has 0 aliphatic rings. The Bertz CT molecular complexity index is 906. The van der Waals surface area contributed by atoms with Crippen LogP contribution in [0.5, 0.6) is 5.75 Å². The van der Waals surface area contributed by atoms with E-state index in [1.807, 2.05) is 25.1 Å². The summed E-state index contributed by atoms with van der Waals surface area (Å²) in [6, 6.07) is 14.1. The molecule has 2 aromatic carbocycles. The number of ketones is 1. The van der Waals surface area contributed by atoms with E-state index in [4.69, 9.17) is 10.00 Å². The van der Waals surface area contributed by atoms with Crippen molar-refractivity contribution in [2.24, 2.45) is 0 Å². The molecule has 0 heterocycles. The molecule has 0 radical (unpaired) electrons. The number of Topliss-reactive ketones (excluding diaryl/α,β-unsaturated/α-hetero) is 1. The molecular formula is C21H22BrN3O3. The van der Waals surface area contributed by atoms with Crippen molar-refractivity contribution in [1.29, 1.82) is 5.26 Å². The van der Waals surface area contributed by atoms with Crippen molar-refractivity contribution in [2.75, 3.05) is 34.3 Å². The lowest BCUT2D eigenvalue weighted by atomic mass is 10.1. The number of rotatable bonds is 8. The van der Waals surface area contributed by atoms with Crippen molar-refractivity contribution < 1.29 is 14.3 Å². The van der Waals surface area contributed by atoms with E-state index in [2.05, 4.69) is 22.0 Å². The average molecular weight is 444 g/mol. The second kappa shape index (κ2) is 10.0. The zero-order valence-corrected chi connectivity index (χ0v) is 17.7. The largest absolute Gasteiger partial charge is 0.496 e. The highest BCUT2D eigenvalue weighted by atomic mass is 79.9. The molecular weight excluding hydrogens is 422 g/mol. The molecule has 0 fully saturated rings. The van der Waals surface area contributed by atoms with E-state index in [0.29, 0.717) is 28.9 Å². The van der Waals surface area contributed by atoms with E-state index in [0.717, 1.165) is 5.56 Å². The molecule has 0 aliphatic heterocycles. The minimum Gasteiger partial charge on any atom is -0.496 e. The van der Waals surface area contributed by atoms with Crippen LogP contribution in [-0.2, 0) is 11.3 Å². The number of likely N-dealkylation sites (N-methyl/N-ethyl adjacent to an activating group) is 1. The van der Waals surface area contributed by atoms with Crippen LogP contribution in [0, 0.1) is 11.3 Å². The summed E-state index contributed by atoms with van der Waals surface area (Å²) in [5, 5.41) is 9.09. The van der Waals surface area contributed by atoms with E-state index in [-0.39, 0.29) is 12.1 Å². The molecule has 1 amide bonds. The van der Waals surface area contributed by atoms with Crippen LogP contribution in [0.15, 0.2) is 46.9 Å². The Morgan fingerprint density at radius 3 is 2.54 bits per heavy atom. The monoisotopic (exact) mass is 443 g/mol. The molecule has 2 aromatic rings. The van der Waals surface area contributed by atoms with Crippen LogP contribution in [0.25, 0.3) is 0 Å². The molecule has 0 unspecified atom stereocenters. The van der Waals surface area contributed by atoms with Gasteiger partial charge in [-0.15, -0.1) is 0 Å². The van der Waals surface area contributed by atoms with Crippen LogP contribution in [0.4, 0.5) is 0 Å². The van der Waals surface area contributed by atoms with Crippen molar-refractivity contribution in [3.05, 3.63) is 63.6 Å². The Morgan fingerprint density at radius 2 is 1.89 bits per heavy atom. The second-order valence-corrected chi connectivity index (χ2v) is 7.43. The normalized spacial score (nSPS) is 10.4. The Hall–Kier alpha value is -2.69. The van der Waals surface area contributed by atoms with Gasteiger partial charge < -0.3 is 14.5 Å². The quantitative estimate of drug-likeness (QED) is 0.462. The predicted molar refractivity (Wildman–Crippen MR) is 110 cm³/mol. The van der Waals surface area contributed by atoms with Crippen molar-refractivity contribution in [1.82, 2.24) is 9.80 Å². The Labute approximate surface area is 173 Å². The zero-order valence-electron chi connectivity index (χ0n) is 16.1. The van der Waals surface area contributed by atoms with E-state index in [9.17, 15) is 9.59 Å². The van der Waals surface area contributed by atoms with Gasteiger partial charge in [0.05, 0.1) is 24.3 Å². The summed E-state index contributed by atoms with van der Waals surface area (Å²) in [7, 11) is 5.26. The van der Waals surface area contributed by atoms with E-state index in [1.54, 1.807) is 36.4 Å². The van der Waals surface area contributed by atoms with Gasteiger partial charge in [0.15, 0.2) is 0 Å². The Balaban J connectivity index is 2.31. The maximum Gasteiger partial charge on any atom is 0.295 e. The summed E-state index contributed by atoms with van der Waals surface area (Å²) in [5.41, 5.74) is 1.51. The second-order valence-electron chi connectivity index (χ2n) is 6.52. The van der Waals surface area contributed by atoms with E-state index < -0.39 is 11.7 Å². The first-order chi connectivity index (χ1) is 13.3. The highest BCUT2D eigenvalue weighted by molar-refractivity contribution is 9.10. The number of hydrogen-bond acceptors (Lipinski definition) is 5. The van der Waals surface area contributed by atoms with Gasteiger partial charge in [0.2, 0.25) is 0 Å². The Kier molecular flexibility index (Phi) is 7.73. The summed E-state index contributed by atoms with van der Waals surface area (Å²) in [4.78, 5) is 29.4. The predicted octanol–water partition coefficient (Wildman–Crippen LogP) is 3.10. The van der Waals surface area contributed by atoms with Crippen LogP contribution >= 0.6 is 15.9 Å². The molecule has 2 rings (SSSR count). The number of nitrogens with zero attached hydrogens (tertiary/aromatic N) is 3. The molecule has 0 saturated carbocycles. The van der Waals surface area contributed by atoms with Crippen molar-refractivity contribution in [3.8, 4) is 11.8 Å². The van der Waals surface area contributed by atoms with E-state index in [1.165, 1.54) is 12.0 Å². The highest BCUT2D eigenvalue weighted by Gasteiger charge is 2.26. The molecule has 6 nitrogen and oxygen atoms in total. The third kappa shape index (κ3) is 5.65. The number of methoxy groups -OCH3 is 1. The van der Waals surface area contributed by atoms with Gasteiger partial charge in [-0.25, -0.2) is 0 Å². The lowest BCUT2D eigenvalue weighted by Gasteiger charge is -2.24. The number of hydrogen-bond donors (Lipinski definition) is 0. The highest BCUT2D eigenvalue weighted by Crippen LogP contribution is 2.24. The smallest absolute Gasteiger partial charge is 0.295 e. The lowest BCUT2D eigenvalue weighted by molar-refractivity contribution is -0.127. The summed E-state index contributed by atoms with van der Waals surface area (Å²) in [6.45, 7) is 1.22. The number of benzene rings is 2. The van der Waals surface area contributed by atoms with Gasteiger partial charge in [0, 0.05) is 24.1 Å². The maximum atomic E-state index is 13.0. The molecule has 0 N–H and O–H groups in total. The maximum absolute atomic E-state index is 13.0. The first-order valence-electron chi connectivity index (χ1n) is 8.66. The molecule has 146 valence electrons. The van der Waals surface area contributed by atoms with Gasteiger partial charge in [0.25, 0.3) is 11.7 Å². The van der Waals surface area contributed by atoms with Crippen LogP contribution in [0.3, 0.4) is 0 Å². The van der Waals surface area contributed by atoms with Gasteiger partial charge >= 0.3 is 0 Å². The summed E-state index contributed by atoms with van der Waals surface area (Å²) in [5.74, 6) is -0.894. The van der Waals surface area contributed by atoms with Crippen LogP contribution in [0.2, 0.25) is 0 Å².